The fourth-order valence-corrected chi connectivity index (χ4v) is 1.75. The monoisotopic (exact) mass is 294 g/mol. The molecule has 5 heteroatoms. The van der Waals surface area contributed by atoms with Gasteiger partial charge in [0, 0.05) is 13.2 Å². The number of ether oxygens (including phenoxy) is 3. The first-order valence-corrected chi connectivity index (χ1v) is 7.10. The maximum atomic E-state index is 11.8. The minimum absolute atomic E-state index is 0.0577. The molecule has 0 heterocycles. The second-order valence-corrected chi connectivity index (χ2v) is 4.41. The summed E-state index contributed by atoms with van der Waals surface area (Å²) in [5.74, 6) is -0.782. The lowest BCUT2D eigenvalue weighted by Crippen LogP contribution is -2.23. The Morgan fingerprint density at radius 2 is 1.67 bits per heavy atom. The standard InChI is InChI=1S/C16H22O5/c1-3-19-16(20-4-2)11-14(17)10-15(18)21-12-13-8-6-5-7-9-13/h5-9,16H,3-4,10-12H2,1-2H3. The van der Waals surface area contributed by atoms with Crippen molar-refractivity contribution in [1.29, 1.82) is 0 Å². The van der Waals surface area contributed by atoms with Crippen LogP contribution in [-0.4, -0.2) is 31.3 Å². The molecule has 21 heavy (non-hydrogen) atoms. The van der Waals surface area contributed by atoms with Crippen LogP contribution in [0.3, 0.4) is 0 Å². The van der Waals surface area contributed by atoms with Crippen LogP contribution in [0.4, 0.5) is 0 Å². The lowest BCUT2D eigenvalue weighted by Gasteiger charge is -2.15. The number of carbonyl (C=O) groups is 2. The Hall–Kier alpha value is -1.72. The fourth-order valence-electron chi connectivity index (χ4n) is 1.75. The van der Waals surface area contributed by atoms with Crippen molar-refractivity contribution in [3.63, 3.8) is 0 Å². The van der Waals surface area contributed by atoms with Gasteiger partial charge in [0.25, 0.3) is 0 Å². The van der Waals surface area contributed by atoms with Crippen LogP contribution in [0.2, 0.25) is 0 Å². The molecule has 0 bridgehead atoms. The summed E-state index contributed by atoms with van der Waals surface area (Å²) in [5.41, 5.74) is 0.889. The lowest BCUT2D eigenvalue weighted by atomic mass is 10.2. The molecule has 1 aromatic carbocycles. The zero-order valence-corrected chi connectivity index (χ0v) is 12.5. The average molecular weight is 294 g/mol. The molecule has 0 aliphatic rings. The number of Topliss-reactive ketones (excluding diaryl/α,β-unsaturated/α-hetero) is 1. The fraction of sp³-hybridized carbons (Fsp3) is 0.500. The SMILES string of the molecule is CCOC(CC(=O)CC(=O)OCc1ccccc1)OCC. The van der Waals surface area contributed by atoms with Crippen LogP contribution in [-0.2, 0) is 30.4 Å². The molecule has 0 unspecified atom stereocenters. The van der Waals surface area contributed by atoms with Crippen molar-refractivity contribution in [3.05, 3.63) is 35.9 Å². The number of hydrogen-bond acceptors (Lipinski definition) is 5. The summed E-state index contributed by atoms with van der Waals surface area (Å²) >= 11 is 0. The van der Waals surface area contributed by atoms with Crippen molar-refractivity contribution in [2.75, 3.05) is 13.2 Å². The molecule has 0 N–H and O–H groups in total. The van der Waals surface area contributed by atoms with Crippen LogP contribution in [0, 0.1) is 0 Å². The largest absolute Gasteiger partial charge is 0.460 e. The normalized spacial score (nSPS) is 10.6. The van der Waals surface area contributed by atoms with Gasteiger partial charge in [0.15, 0.2) is 6.29 Å². The second-order valence-electron chi connectivity index (χ2n) is 4.41. The van der Waals surface area contributed by atoms with Gasteiger partial charge in [-0.2, -0.15) is 0 Å². The Morgan fingerprint density at radius 1 is 1.05 bits per heavy atom. The Bertz CT molecular complexity index is 424. The molecule has 0 amide bonds. The van der Waals surface area contributed by atoms with Gasteiger partial charge in [0.05, 0.1) is 6.42 Å². The highest BCUT2D eigenvalue weighted by molar-refractivity contribution is 5.95. The van der Waals surface area contributed by atoms with Gasteiger partial charge >= 0.3 is 5.97 Å². The van der Waals surface area contributed by atoms with Crippen LogP contribution in [0.1, 0.15) is 32.3 Å². The summed E-state index contributed by atoms with van der Waals surface area (Å²) in [6.07, 6.45) is -0.791. The molecule has 0 aliphatic carbocycles. The van der Waals surface area contributed by atoms with Crippen molar-refractivity contribution < 1.29 is 23.8 Å². The third-order valence-corrected chi connectivity index (χ3v) is 2.68. The van der Waals surface area contributed by atoms with E-state index in [1.807, 2.05) is 44.2 Å². The van der Waals surface area contributed by atoms with Gasteiger partial charge < -0.3 is 14.2 Å². The zero-order chi connectivity index (χ0) is 15.5. The first kappa shape index (κ1) is 17.3. The molecule has 0 saturated carbocycles. The van der Waals surface area contributed by atoms with Crippen LogP contribution < -0.4 is 0 Å². The first-order valence-electron chi connectivity index (χ1n) is 7.10. The van der Waals surface area contributed by atoms with E-state index in [0.717, 1.165) is 5.56 Å². The summed E-state index contributed by atoms with van der Waals surface area (Å²) in [6.45, 7) is 4.73. The molecule has 5 nitrogen and oxygen atoms in total. The van der Waals surface area contributed by atoms with Crippen molar-refractivity contribution in [2.24, 2.45) is 0 Å². The van der Waals surface area contributed by atoms with Crippen molar-refractivity contribution in [1.82, 2.24) is 0 Å². The van der Waals surface area contributed by atoms with Crippen molar-refractivity contribution in [3.8, 4) is 0 Å². The highest BCUT2D eigenvalue weighted by Gasteiger charge is 2.17. The van der Waals surface area contributed by atoms with Crippen molar-refractivity contribution in [2.45, 2.75) is 39.6 Å². The predicted molar refractivity (Wildman–Crippen MR) is 77.5 cm³/mol. The molecule has 116 valence electrons. The maximum Gasteiger partial charge on any atom is 0.313 e. The van der Waals surface area contributed by atoms with E-state index in [-0.39, 0.29) is 25.2 Å². The van der Waals surface area contributed by atoms with Gasteiger partial charge in [0.2, 0.25) is 0 Å². The molecular formula is C16H22O5. The summed E-state index contributed by atoms with van der Waals surface area (Å²) in [7, 11) is 0. The molecular weight excluding hydrogens is 272 g/mol. The quantitative estimate of drug-likeness (QED) is 0.377. The van der Waals surface area contributed by atoms with Gasteiger partial charge in [-0.15, -0.1) is 0 Å². The highest BCUT2D eigenvalue weighted by atomic mass is 16.7. The Morgan fingerprint density at radius 3 is 2.24 bits per heavy atom. The number of hydrogen-bond donors (Lipinski definition) is 0. The van der Waals surface area contributed by atoms with Gasteiger partial charge in [0.1, 0.15) is 18.8 Å². The third-order valence-electron chi connectivity index (χ3n) is 2.68. The average Bonchev–Trinajstić information content (AvgIpc) is 2.46. The van der Waals surface area contributed by atoms with E-state index in [2.05, 4.69) is 0 Å². The van der Waals surface area contributed by atoms with Crippen LogP contribution in [0.25, 0.3) is 0 Å². The van der Waals surface area contributed by atoms with Crippen LogP contribution in [0.15, 0.2) is 30.3 Å². The minimum atomic E-state index is -0.588. The summed E-state index contributed by atoms with van der Waals surface area (Å²) in [6, 6.07) is 9.33. The molecule has 1 rings (SSSR count). The highest BCUT2D eigenvalue weighted by Crippen LogP contribution is 2.06. The number of rotatable bonds is 10. The van der Waals surface area contributed by atoms with E-state index in [0.29, 0.717) is 13.2 Å². The van der Waals surface area contributed by atoms with E-state index < -0.39 is 12.3 Å². The summed E-state index contributed by atoms with van der Waals surface area (Å²) in [4.78, 5) is 23.4. The Labute approximate surface area is 125 Å². The molecule has 0 aliphatic heterocycles. The van der Waals surface area contributed by atoms with Gasteiger partial charge in [-0.1, -0.05) is 30.3 Å². The van der Waals surface area contributed by atoms with E-state index in [4.69, 9.17) is 14.2 Å². The topological polar surface area (TPSA) is 61.8 Å². The van der Waals surface area contributed by atoms with E-state index in [1.54, 1.807) is 0 Å². The number of ketones is 1. The molecule has 1 aromatic rings. The van der Waals surface area contributed by atoms with Gasteiger partial charge in [-0.3, -0.25) is 9.59 Å². The Balaban J connectivity index is 2.31. The third kappa shape index (κ3) is 7.58. The predicted octanol–water partition coefficient (Wildman–Crippen LogP) is 2.48. The molecule has 0 atom stereocenters. The molecule has 0 aromatic heterocycles. The maximum absolute atomic E-state index is 11.8. The smallest absolute Gasteiger partial charge is 0.313 e. The Kier molecular flexibility index (Phi) is 8.31. The van der Waals surface area contributed by atoms with Gasteiger partial charge in [-0.25, -0.2) is 0 Å². The number of esters is 1. The first-order chi connectivity index (χ1) is 10.2. The van der Waals surface area contributed by atoms with Crippen molar-refractivity contribution >= 4 is 11.8 Å². The van der Waals surface area contributed by atoms with E-state index >= 15 is 0 Å². The lowest BCUT2D eigenvalue weighted by molar-refractivity contribution is -0.156. The number of benzene rings is 1. The van der Waals surface area contributed by atoms with Gasteiger partial charge in [-0.05, 0) is 19.4 Å². The molecule has 0 radical (unpaired) electrons. The molecule has 0 spiro atoms. The summed E-state index contributed by atoms with van der Waals surface area (Å²) < 4.78 is 15.6. The van der Waals surface area contributed by atoms with E-state index in [9.17, 15) is 9.59 Å². The summed E-state index contributed by atoms with van der Waals surface area (Å²) in [5, 5.41) is 0. The minimum Gasteiger partial charge on any atom is -0.460 e. The van der Waals surface area contributed by atoms with Crippen LogP contribution >= 0.6 is 0 Å². The second kappa shape index (κ2) is 10.1. The molecule has 0 fully saturated rings. The van der Waals surface area contributed by atoms with E-state index in [1.165, 1.54) is 0 Å². The van der Waals surface area contributed by atoms with Crippen LogP contribution in [0.5, 0.6) is 0 Å². The number of carbonyl (C=O) groups excluding carboxylic acids is 2. The zero-order valence-electron chi connectivity index (χ0n) is 12.5. The molecule has 0 saturated heterocycles.